The molecule has 266 valence electrons. The van der Waals surface area contributed by atoms with Crippen LogP contribution in [0.2, 0.25) is 0 Å². The van der Waals surface area contributed by atoms with E-state index in [9.17, 15) is 23.6 Å². The number of hydrogen-bond acceptors (Lipinski definition) is 8. The first-order valence-corrected chi connectivity index (χ1v) is 17.3. The van der Waals surface area contributed by atoms with Crippen LogP contribution in [0.25, 0.3) is 11.0 Å². The van der Waals surface area contributed by atoms with E-state index < -0.39 is 36.4 Å². The molecule has 2 saturated carbocycles. The molecule has 0 saturated heterocycles. The molecule has 2 aliphatic rings. The number of nitrogens with one attached hydrogen (secondary N) is 3. The molecule has 0 unspecified atom stereocenters. The molecular formula is C36H52FN3O8. The number of carbonyl (C=O) groups is 4. The number of carbonyl (C=O) groups excluding carboxylic acids is 4. The average molecular weight is 674 g/mol. The van der Waals surface area contributed by atoms with Gasteiger partial charge in [-0.3, -0.25) is 9.59 Å². The molecule has 11 nitrogen and oxygen atoms in total. The molecule has 3 amide bonds. The van der Waals surface area contributed by atoms with Crippen LogP contribution in [0.3, 0.4) is 0 Å². The molecule has 48 heavy (non-hydrogen) atoms. The summed E-state index contributed by atoms with van der Waals surface area (Å²) >= 11 is 0. The van der Waals surface area contributed by atoms with Crippen LogP contribution in [-0.4, -0.2) is 68.6 Å². The number of hydrogen-bond donors (Lipinski definition) is 3. The summed E-state index contributed by atoms with van der Waals surface area (Å²) in [5.74, 6) is -1.06. The average Bonchev–Trinajstić information content (AvgIpc) is 3.49. The third kappa shape index (κ3) is 11.2. The fraction of sp³-hybridized carbons (Fsp3) is 0.667. The Morgan fingerprint density at radius 3 is 2.35 bits per heavy atom. The number of furan rings is 1. The second-order valence-corrected chi connectivity index (χ2v) is 14.2. The van der Waals surface area contributed by atoms with E-state index in [1.165, 1.54) is 6.42 Å². The first kappa shape index (κ1) is 37.2. The molecule has 12 heteroatoms. The zero-order valence-electron chi connectivity index (χ0n) is 28.7. The normalized spacial score (nSPS) is 20.0. The van der Waals surface area contributed by atoms with Gasteiger partial charge in [0.1, 0.15) is 23.9 Å². The standard InChI is InChI=1S/C36H52FN3O8/c1-36(2,3)48-35(44)40-29(22-37)24-11-13-25(14-12-24)32(41)39-28(19-23-9-6-5-7-10-23)33(42)38-27-15-16-30-26(20-27)21-31(47-30)34(43)46-18-8-17-45-4/h15-16,20-21,23-25,28-29H,5-14,17-19,22H2,1-4H3,(H,38,42)(H,39,41)(H,40,44)/t24?,25?,28-,29+/m0/s1. The zero-order chi connectivity index (χ0) is 34.7. The summed E-state index contributed by atoms with van der Waals surface area (Å²) in [5, 5.41) is 9.31. The van der Waals surface area contributed by atoms with E-state index in [2.05, 4.69) is 16.0 Å². The molecule has 3 N–H and O–H groups in total. The van der Waals surface area contributed by atoms with Gasteiger partial charge in [-0.05, 0) is 89.0 Å². The van der Waals surface area contributed by atoms with E-state index in [0.29, 0.717) is 67.7 Å². The van der Waals surface area contributed by atoms with Crippen LogP contribution < -0.4 is 16.0 Å². The van der Waals surface area contributed by atoms with Crippen LogP contribution in [0.4, 0.5) is 14.9 Å². The number of alkyl carbamates (subject to hydrolysis) is 1. The highest BCUT2D eigenvalue weighted by Crippen LogP contribution is 2.33. The number of halogens is 1. The number of amides is 3. The molecule has 2 atom stereocenters. The van der Waals surface area contributed by atoms with Crippen molar-refractivity contribution in [1.29, 1.82) is 0 Å². The Hall–Kier alpha value is -3.67. The minimum atomic E-state index is -0.719. The van der Waals surface area contributed by atoms with Gasteiger partial charge in [0.2, 0.25) is 17.6 Å². The minimum Gasteiger partial charge on any atom is -0.460 e. The van der Waals surface area contributed by atoms with Crippen LogP contribution in [0.1, 0.15) is 102 Å². The monoisotopic (exact) mass is 673 g/mol. The van der Waals surface area contributed by atoms with E-state index in [1.807, 2.05) is 0 Å². The van der Waals surface area contributed by atoms with Gasteiger partial charge in [-0.2, -0.15) is 0 Å². The van der Waals surface area contributed by atoms with Crippen LogP contribution >= 0.6 is 0 Å². The summed E-state index contributed by atoms with van der Waals surface area (Å²) in [6, 6.07) is 5.30. The smallest absolute Gasteiger partial charge is 0.407 e. The first-order chi connectivity index (χ1) is 23.0. The summed E-state index contributed by atoms with van der Waals surface area (Å²) in [7, 11) is 1.58. The zero-order valence-corrected chi connectivity index (χ0v) is 28.7. The van der Waals surface area contributed by atoms with Gasteiger partial charge in [0, 0.05) is 37.1 Å². The predicted octanol–water partition coefficient (Wildman–Crippen LogP) is 6.69. The molecule has 1 aromatic carbocycles. The van der Waals surface area contributed by atoms with E-state index >= 15 is 0 Å². The number of methoxy groups -OCH3 is 1. The van der Waals surface area contributed by atoms with Gasteiger partial charge >= 0.3 is 12.1 Å². The van der Waals surface area contributed by atoms with Gasteiger partial charge in [0.25, 0.3) is 0 Å². The summed E-state index contributed by atoms with van der Waals surface area (Å²) in [6.45, 7) is 5.24. The van der Waals surface area contributed by atoms with Gasteiger partial charge < -0.3 is 34.6 Å². The van der Waals surface area contributed by atoms with Crippen molar-refractivity contribution >= 4 is 40.5 Å². The van der Waals surface area contributed by atoms with Gasteiger partial charge in [-0.15, -0.1) is 0 Å². The maximum absolute atomic E-state index is 13.9. The van der Waals surface area contributed by atoms with Crippen molar-refractivity contribution in [3.05, 3.63) is 30.0 Å². The first-order valence-electron chi connectivity index (χ1n) is 17.3. The van der Waals surface area contributed by atoms with E-state index in [0.717, 1.165) is 25.7 Å². The number of alkyl halides is 1. The highest BCUT2D eigenvalue weighted by Gasteiger charge is 2.34. The molecule has 2 aromatic rings. The van der Waals surface area contributed by atoms with E-state index in [1.54, 1.807) is 52.1 Å². The third-order valence-corrected chi connectivity index (χ3v) is 9.22. The fourth-order valence-corrected chi connectivity index (χ4v) is 6.69. The van der Waals surface area contributed by atoms with Gasteiger partial charge in [-0.1, -0.05) is 32.1 Å². The summed E-state index contributed by atoms with van der Waals surface area (Å²) in [6.07, 6.45) is 8.14. The molecule has 2 aliphatic carbocycles. The lowest BCUT2D eigenvalue weighted by molar-refractivity contribution is -0.130. The van der Waals surface area contributed by atoms with Crippen molar-refractivity contribution in [3.8, 4) is 0 Å². The minimum absolute atomic E-state index is 0.0708. The van der Waals surface area contributed by atoms with Crippen LogP contribution in [0.5, 0.6) is 0 Å². The largest absolute Gasteiger partial charge is 0.460 e. The lowest BCUT2D eigenvalue weighted by atomic mass is 9.78. The van der Waals surface area contributed by atoms with Gasteiger partial charge in [0.05, 0.1) is 12.6 Å². The Balaban J connectivity index is 1.36. The van der Waals surface area contributed by atoms with Gasteiger partial charge in [0.15, 0.2) is 0 Å². The maximum atomic E-state index is 13.9. The Kier molecular flexibility index (Phi) is 13.7. The number of anilines is 1. The lowest BCUT2D eigenvalue weighted by Crippen LogP contribution is -2.49. The fourth-order valence-electron chi connectivity index (χ4n) is 6.69. The van der Waals surface area contributed by atoms with Crippen molar-refractivity contribution in [1.82, 2.24) is 10.6 Å². The van der Waals surface area contributed by atoms with Crippen molar-refractivity contribution in [2.75, 3.05) is 32.3 Å². The molecule has 1 aromatic heterocycles. The number of fused-ring (bicyclic) bond motifs is 1. The Morgan fingerprint density at radius 1 is 0.958 bits per heavy atom. The van der Waals surface area contributed by atoms with Crippen molar-refractivity contribution in [2.24, 2.45) is 17.8 Å². The molecule has 0 radical (unpaired) electrons. The van der Waals surface area contributed by atoms with E-state index in [4.69, 9.17) is 18.6 Å². The topological polar surface area (TPSA) is 145 Å². The quantitative estimate of drug-likeness (QED) is 0.149. The molecule has 0 spiro atoms. The van der Waals surface area contributed by atoms with Crippen LogP contribution in [0, 0.1) is 17.8 Å². The lowest BCUT2D eigenvalue weighted by Gasteiger charge is -2.34. The molecule has 0 aliphatic heterocycles. The van der Waals surface area contributed by atoms with Crippen molar-refractivity contribution < 1.29 is 42.2 Å². The van der Waals surface area contributed by atoms with Crippen LogP contribution in [-0.2, 0) is 23.8 Å². The summed E-state index contributed by atoms with van der Waals surface area (Å²) in [5.41, 5.74) is 0.318. The second-order valence-electron chi connectivity index (χ2n) is 14.2. The summed E-state index contributed by atoms with van der Waals surface area (Å²) in [4.78, 5) is 51.8. The Morgan fingerprint density at radius 2 is 1.69 bits per heavy atom. The van der Waals surface area contributed by atoms with Crippen molar-refractivity contribution in [2.45, 2.75) is 109 Å². The maximum Gasteiger partial charge on any atom is 0.407 e. The van der Waals surface area contributed by atoms with Crippen molar-refractivity contribution in [3.63, 3.8) is 0 Å². The Bertz CT molecular complexity index is 1370. The Labute approximate surface area is 282 Å². The molecule has 4 rings (SSSR count). The number of esters is 1. The number of rotatable bonds is 14. The molecule has 2 fully saturated rings. The van der Waals surface area contributed by atoms with E-state index in [-0.39, 0.29) is 36.0 Å². The second kappa shape index (κ2) is 17.6. The highest BCUT2D eigenvalue weighted by molar-refractivity contribution is 5.99. The molecule has 0 bridgehead atoms. The van der Waals surface area contributed by atoms with Crippen LogP contribution in [0.15, 0.2) is 28.7 Å². The third-order valence-electron chi connectivity index (χ3n) is 9.22. The summed E-state index contributed by atoms with van der Waals surface area (Å²) < 4.78 is 35.1. The van der Waals surface area contributed by atoms with Gasteiger partial charge in [-0.25, -0.2) is 14.0 Å². The SMILES string of the molecule is COCCCOC(=O)c1cc2cc(NC(=O)[C@H](CC3CCCCC3)NC(=O)C3CCC([C@@H](CF)NC(=O)OC(C)(C)C)CC3)ccc2o1. The molecule has 1 heterocycles. The number of benzene rings is 1. The number of ether oxygens (including phenoxy) is 3. The predicted molar refractivity (Wildman–Crippen MR) is 179 cm³/mol. The highest BCUT2D eigenvalue weighted by atomic mass is 19.1. The molecular weight excluding hydrogens is 621 g/mol.